The maximum atomic E-state index is 14.4. The first-order valence-corrected chi connectivity index (χ1v) is 13.8. The lowest BCUT2D eigenvalue weighted by Crippen LogP contribution is -2.56. The summed E-state index contributed by atoms with van der Waals surface area (Å²) in [5, 5.41) is 19.3. The molecule has 38 heavy (non-hydrogen) atoms. The monoisotopic (exact) mass is 527 g/mol. The summed E-state index contributed by atoms with van der Waals surface area (Å²) in [6.07, 6.45) is 4.49. The number of hydrogen-bond acceptors (Lipinski definition) is 6. The molecule has 3 aliphatic heterocycles. The van der Waals surface area contributed by atoms with E-state index >= 15 is 0 Å². The number of carboxylic acids is 1. The van der Waals surface area contributed by atoms with Gasteiger partial charge in [-0.3, -0.25) is 14.4 Å². The van der Waals surface area contributed by atoms with Gasteiger partial charge in [0.1, 0.15) is 11.6 Å². The molecule has 9 heteroatoms. The Balaban J connectivity index is 1.72. The van der Waals surface area contributed by atoms with Crippen LogP contribution in [0.15, 0.2) is 36.9 Å². The topological polar surface area (TPSA) is 111 Å². The first kappa shape index (κ1) is 28.1. The molecule has 3 heterocycles. The van der Waals surface area contributed by atoms with E-state index in [4.69, 9.17) is 4.74 Å². The van der Waals surface area contributed by atoms with Crippen LogP contribution in [0.3, 0.4) is 0 Å². The van der Waals surface area contributed by atoms with Gasteiger partial charge in [-0.1, -0.05) is 6.08 Å². The number of carbonyl (C=O) groups excluding carboxylic acids is 2. The molecule has 0 aliphatic carbocycles. The fourth-order valence-electron chi connectivity index (χ4n) is 6.92. The van der Waals surface area contributed by atoms with E-state index in [-0.39, 0.29) is 25.0 Å². The van der Waals surface area contributed by atoms with Gasteiger partial charge in [0.2, 0.25) is 5.91 Å². The van der Waals surface area contributed by atoms with Crippen LogP contribution < -0.4 is 9.80 Å². The van der Waals surface area contributed by atoms with Crippen LogP contribution in [-0.4, -0.2) is 82.9 Å². The second-order valence-corrected chi connectivity index (χ2v) is 10.8. The van der Waals surface area contributed by atoms with Gasteiger partial charge in [-0.25, -0.2) is 0 Å². The number of amides is 2. The van der Waals surface area contributed by atoms with E-state index in [1.165, 1.54) is 0 Å². The van der Waals surface area contributed by atoms with Gasteiger partial charge in [-0.15, -0.1) is 6.58 Å². The average molecular weight is 528 g/mol. The number of benzene rings is 1. The number of unbranched alkanes of at least 4 members (excludes halogenated alkanes) is 2. The summed E-state index contributed by atoms with van der Waals surface area (Å²) in [5.41, 5.74) is -0.418. The zero-order chi connectivity index (χ0) is 27.7. The van der Waals surface area contributed by atoms with Gasteiger partial charge < -0.3 is 29.6 Å². The van der Waals surface area contributed by atoms with Crippen LogP contribution in [0, 0.1) is 11.8 Å². The smallest absolute Gasteiger partial charge is 0.310 e. The number of ether oxygens (including phenoxy) is 1. The number of anilines is 2. The molecule has 2 unspecified atom stereocenters. The van der Waals surface area contributed by atoms with E-state index in [2.05, 4.69) is 25.3 Å². The lowest BCUT2D eigenvalue weighted by molar-refractivity contribution is -0.154. The largest absolute Gasteiger partial charge is 0.481 e. The predicted molar refractivity (Wildman–Crippen MR) is 145 cm³/mol. The Hall–Kier alpha value is -2.91. The lowest BCUT2D eigenvalue weighted by Gasteiger charge is -2.37. The Bertz CT molecular complexity index is 1060. The third-order valence-electron chi connectivity index (χ3n) is 8.70. The van der Waals surface area contributed by atoms with Crippen molar-refractivity contribution in [1.82, 2.24) is 4.90 Å². The van der Waals surface area contributed by atoms with Crippen molar-refractivity contribution >= 4 is 29.2 Å². The van der Waals surface area contributed by atoms with Gasteiger partial charge in [-0.2, -0.15) is 0 Å². The molecular weight excluding hydrogens is 486 g/mol. The fourth-order valence-corrected chi connectivity index (χ4v) is 6.92. The van der Waals surface area contributed by atoms with Gasteiger partial charge in [0, 0.05) is 44.2 Å². The normalized spacial score (nSPS) is 29.4. The lowest BCUT2D eigenvalue weighted by atomic mass is 9.66. The maximum absolute atomic E-state index is 14.4. The molecular formula is C29H41N3O6. The van der Waals surface area contributed by atoms with Crippen LogP contribution in [0.25, 0.3) is 0 Å². The fraction of sp³-hybridized carbons (Fsp3) is 0.621. The number of fused-ring (bicyclic) bond motifs is 1. The van der Waals surface area contributed by atoms with Crippen LogP contribution in [-0.2, 0) is 19.1 Å². The Morgan fingerprint density at radius 2 is 1.79 bits per heavy atom. The van der Waals surface area contributed by atoms with Crippen molar-refractivity contribution in [3.05, 3.63) is 36.9 Å². The highest BCUT2D eigenvalue weighted by molar-refractivity contribution is 6.04. The minimum absolute atomic E-state index is 0.0576. The molecule has 2 N–H and O–H groups in total. The van der Waals surface area contributed by atoms with Crippen molar-refractivity contribution in [2.75, 3.05) is 42.6 Å². The Kier molecular flexibility index (Phi) is 8.18. The average Bonchev–Trinajstić information content (AvgIpc) is 3.46. The molecule has 3 fully saturated rings. The molecule has 4 rings (SSSR count). The molecule has 9 nitrogen and oxygen atoms in total. The number of aliphatic hydroxyl groups excluding tert-OH is 1. The summed E-state index contributed by atoms with van der Waals surface area (Å²) in [4.78, 5) is 46.0. The van der Waals surface area contributed by atoms with Crippen molar-refractivity contribution in [1.29, 1.82) is 0 Å². The quantitative estimate of drug-likeness (QED) is 0.300. The van der Waals surface area contributed by atoms with Crippen molar-refractivity contribution in [2.24, 2.45) is 11.8 Å². The molecule has 0 saturated carbocycles. The summed E-state index contributed by atoms with van der Waals surface area (Å²) in [7, 11) is 0. The van der Waals surface area contributed by atoms with E-state index in [0.29, 0.717) is 44.3 Å². The van der Waals surface area contributed by atoms with Gasteiger partial charge in [0.15, 0.2) is 0 Å². The predicted octanol–water partition coefficient (Wildman–Crippen LogP) is 3.06. The number of carbonyl (C=O) groups is 3. The van der Waals surface area contributed by atoms with Gasteiger partial charge in [0.05, 0.1) is 17.4 Å². The molecule has 208 valence electrons. The van der Waals surface area contributed by atoms with E-state index in [0.717, 1.165) is 18.8 Å². The zero-order valence-corrected chi connectivity index (χ0v) is 22.8. The molecule has 2 bridgehead atoms. The molecule has 0 aromatic heterocycles. The van der Waals surface area contributed by atoms with Crippen LogP contribution in [0.2, 0.25) is 0 Å². The maximum Gasteiger partial charge on any atom is 0.310 e. The summed E-state index contributed by atoms with van der Waals surface area (Å²) in [6, 6.07) is 6.85. The molecule has 1 aromatic rings. The van der Waals surface area contributed by atoms with E-state index in [1.54, 1.807) is 22.8 Å². The minimum atomic E-state index is -1.18. The number of likely N-dealkylation sites (tertiary alicyclic amines) is 1. The van der Waals surface area contributed by atoms with Crippen LogP contribution >= 0.6 is 0 Å². The number of rotatable bonds is 13. The highest BCUT2D eigenvalue weighted by Gasteiger charge is 2.78. The van der Waals surface area contributed by atoms with E-state index in [9.17, 15) is 24.6 Å². The number of carboxylic acid groups (broad SMARTS) is 1. The Morgan fingerprint density at radius 3 is 2.37 bits per heavy atom. The molecule has 1 spiro atoms. The molecule has 5 atom stereocenters. The first-order valence-electron chi connectivity index (χ1n) is 13.8. The molecule has 2 amide bonds. The minimum Gasteiger partial charge on any atom is -0.481 e. The van der Waals surface area contributed by atoms with Crippen LogP contribution in [0.1, 0.15) is 52.9 Å². The second-order valence-electron chi connectivity index (χ2n) is 10.8. The Morgan fingerprint density at radius 1 is 1.13 bits per heavy atom. The molecule has 3 saturated heterocycles. The highest BCUT2D eigenvalue weighted by Crippen LogP contribution is 2.63. The Labute approximate surface area is 225 Å². The van der Waals surface area contributed by atoms with Crippen molar-refractivity contribution in [3.63, 3.8) is 0 Å². The standard InChI is InChI=1S/C29H41N3O6/c1-5-17-31(21-13-11-20(12-14-21)30(6-2)7-3)26(35)24-29-16-15-28(4,38-29)23(27(36)37)22(29)25(34)32(24)18-9-8-10-19-33/h5,11-14,22-24,33H,1,6-10,15-19H2,2-4H3,(H,36,37)/t22-,23-,24?,28+,29?/m0/s1. The number of aliphatic carboxylic acids is 1. The molecule has 0 radical (unpaired) electrons. The van der Waals surface area contributed by atoms with Crippen molar-refractivity contribution < 1.29 is 29.3 Å². The summed E-state index contributed by atoms with van der Waals surface area (Å²) in [5.74, 6) is -3.56. The van der Waals surface area contributed by atoms with Gasteiger partial charge >= 0.3 is 5.97 Å². The van der Waals surface area contributed by atoms with Crippen LogP contribution in [0.5, 0.6) is 0 Å². The van der Waals surface area contributed by atoms with Crippen LogP contribution in [0.4, 0.5) is 11.4 Å². The van der Waals surface area contributed by atoms with Crippen molar-refractivity contribution in [3.8, 4) is 0 Å². The molecule has 3 aliphatic rings. The number of nitrogens with zero attached hydrogens (tertiary/aromatic N) is 3. The SMILES string of the molecule is C=CCN(C(=O)C1N(CCCCCO)C(=O)[C@@H]2[C@@H](C(=O)O)[C@@]3(C)CCC12O3)c1ccc(N(CC)CC)cc1. The summed E-state index contributed by atoms with van der Waals surface area (Å²) < 4.78 is 6.49. The zero-order valence-electron chi connectivity index (χ0n) is 22.8. The number of hydrogen-bond donors (Lipinski definition) is 2. The van der Waals surface area contributed by atoms with Gasteiger partial charge in [-0.05, 0) is 77.1 Å². The highest BCUT2D eigenvalue weighted by atomic mass is 16.5. The summed E-state index contributed by atoms with van der Waals surface area (Å²) in [6.45, 7) is 12.1. The second kappa shape index (κ2) is 11.1. The number of aliphatic hydroxyl groups is 1. The van der Waals surface area contributed by atoms with E-state index in [1.807, 2.05) is 24.3 Å². The molecule has 1 aromatic carbocycles. The third kappa shape index (κ3) is 4.49. The van der Waals surface area contributed by atoms with E-state index < -0.39 is 35.0 Å². The first-order chi connectivity index (χ1) is 18.2. The summed E-state index contributed by atoms with van der Waals surface area (Å²) >= 11 is 0. The third-order valence-corrected chi connectivity index (χ3v) is 8.70. The van der Waals surface area contributed by atoms with Crippen molar-refractivity contribution in [2.45, 2.75) is 70.1 Å². The van der Waals surface area contributed by atoms with Gasteiger partial charge in [0.25, 0.3) is 5.91 Å².